The Kier molecular flexibility index (Phi) is 4.53. The molecule has 2 nitrogen and oxygen atoms in total. The summed E-state index contributed by atoms with van der Waals surface area (Å²) in [5.41, 5.74) is 1.91. The number of aliphatic imine (C=N–C) groups is 1. The van der Waals surface area contributed by atoms with Crippen molar-refractivity contribution in [1.29, 1.82) is 0 Å². The first-order valence-corrected chi connectivity index (χ1v) is 8.17. The fraction of sp³-hybridized carbons (Fsp3) is 0.188. The Morgan fingerprint density at radius 2 is 1.86 bits per heavy atom. The standard InChI is InChI=1S/C16H12BrCl2NO/c17-13-9-21-16(10-4-2-1-3-5-10)20-15(13)12-7-6-11(18)8-14(12)19/h1-8,13,15H,9H2/t13-,15+/m0/s1. The third-order valence-electron chi connectivity index (χ3n) is 3.28. The molecule has 0 aliphatic carbocycles. The molecule has 5 heteroatoms. The first-order valence-electron chi connectivity index (χ1n) is 6.50. The Balaban J connectivity index is 2.00. The molecular formula is C16H12BrCl2NO. The van der Waals surface area contributed by atoms with Crippen LogP contribution < -0.4 is 0 Å². The summed E-state index contributed by atoms with van der Waals surface area (Å²) in [6.45, 7) is 0.539. The van der Waals surface area contributed by atoms with Gasteiger partial charge < -0.3 is 4.74 Å². The van der Waals surface area contributed by atoms with Crippen LogP contribution in [0.4, 0.5) is 0 Å². The van der Waals surface area contributed by atoms with Gasteiger partial charge in [-0.3, -0.25) is 0 Å². The second-order valence-corrected chi connectivity index (χ2v) is 6.76. The summed E-state index contributed by atoms with van der Waals surface area (Å²) in [6.07, 6.45) is 0. The molecule has 0 saturated carbocycles. The van der Waals surface area contributed by atoms with Gasteiger partial charge in [0.15, 0.2) is 0 Å². The van der Waals surface area contributed by atoms with E-state index in [4.69, 9.17) is 32.9 Å². The van der Waals surface area contributed by atoms with Crippen molar-refractivity contribution in [3.05, 3.63) is 69.7 Å². The predicted molar refractivity (Wildman–Crippen MR) is 90.8 cm³/mol. The summed E-state index contributed by atoms with van der Waals surface area (Å²) in [5, 5.41) is 1.24. The minimum absolute atomic E-state index is 0.0728. The summed E-state index contributed by atoms with van der Waals surface area (Å²) in [7, 11) is 0. The maximum Gasteiger partial charge on any atom is 0.216 e. The molecule has 0 bridgehead atoms. The van der Waals surface area contributed by atoms with Crippen molar-refractivity contribution in [3.8, 4) is 0 Å². The van der Waals surface area contributed by atoms with Crippen LogP contribution in [0.2, 0.25) is 10.0 Å². The minimum atomic E-state index is -0.0984. The van der Waals surface area contributed by atoms with Gasteiger partial charge in [-0.25, -0.2) is 4.99 Å². The van der Waals surface area contributed by atoms with Gasteiger partial charge in [0.1, 0.15) is 6.61 Å². The molecule has 0 fully saturated rings. The normalized spacial score (nSPS) is 21.6. The van der Waals surface area contributed by atoms with Crippen LogP contribution in [0, 0.1) is 0 Å². The Morgan fingerprint density at radius 3 is 2.57 bits per heavy atom. The maximum absolute atomic E-state index is 6.31. The van der Waals surface area contributed by atoms with Gasteiger partial charge in [-0.05, 0) is 29.8 Å². The van der Waals surface area contributed by atoms with Gasteiger partial charge in [-0.15, -0.1) is 0 Å². The first kappa shape index (κ1) is 14.9. The molecule has 0 aromatic heterocycles. The van der Waals surface area contributed by atoms with Crippen molar-refractivity contribution in [2.24, 2.45) is 4.99 Å². The number of nitrogens with zero attached hydrogens (tertiary/aromatic N) is 1. The van der Waals surface area contributed by atoms with E-state index in [0.717, 1.165) is 11.1 Å². The summed E-state index contributed by atoms with van der Waals surface area (Å²) in [5.74, 6) is 0.641. The molecule has 1 aliphatic heterocycles. The molecular weight excluding hydrogens is 373 g/mol. The molecule has 0 spiro atoms. The van der Waals surface area contributed by atoms with E-state index in [9.17, 15) is 0 Å². The fourth-order valence-electron chi connectivity index (χ4n) is 2.24. The number of alkyl halides is 1. The van der Waals surface area contributed by atoms with Crippen molar-refractivity contribution in [2.75, 3.05) is 6.61 Å². The molecule has 0 unspecified atom stereocenters. The van der Waals surface area contributed by atoms with Crippen molar-refractivity contribution in [2.45, 2.75) is 10.9 Å². The van der Waals surface area contributed by atoms with Gasteiger partial charge in [-0.1, -0.05) is 63.4 Å². The lowest BCUT2D eigenvalue weighted by atomic mass is 10.0. The van der Waals surface area contributed by atoms with E-state index in [-0.39, 0.29) is 10.9 Å². The van der Waals surface area contributed by atoms with Crippen LogP contribution in [-0.4, -0.2) is 17.3 Å². The van der Waals surface area contributed by atoms with E-state index >= 15 is 0 Å². The predicted octanol–water partition coefficient (Wildman–Crippen LogP) is 5.28. The molecule has 0 N–H and O–H groups in total. The van der Waals surface area contributed by atoms with Crippen LogP contribution in [0.1, 0.15) is 17.2 Å². The van der Waals surface area contributed by atoms with Crippen molar-refractivity contribution < 1.29 is 4.74 Å². The molecule has 21 heavy (non-hydrogen) atoms. The van der Waals surface area contributed by atoms with Crippen LogP contribution in [-0.2, 0) is 4.74 Å². The Labute approximate surface area is 141 Å². The number of halogens is 3. The zero-order valence-corrected chi connectivity index (χ0v) is 14.1. The molecule has 3 rings (SSSR count). The van der Waals surface area contributed by atoms with Crippen molar-refractivity contribution in [3.63, 3.8) is 0 Å². The molecule has 2 atom stereocenters. The van der Waals surface area contributed by atoms with Crippen molar-refractivity contribution >= 4 is 45.0 Å². The molecule has 0 radical (unpaired) electrons. The van der Waals surface area contributed by atoms with Gasteiger partial charge in [0.05, 0.1) is 10.9 Å². The van der Waals surface area contributed by atoms with E-state index in [1.54, 1.807) is 6.07 Å². The lowest BCUT2D eigenvalue weighted by Crippen LogP contribution is -2.27. The summed E-state index contributed by atoms with van der Waals surface area (Å²) < 4.78 is 5.73. The lowest BCUT2D eigenvalue weighted by molar-refractivity contribution is 0.271. The average Bonchev–Trinajstić information content (AvgIpc) is 2.49. The smallest absolute Gasteiger partial charge is 0.216 e. The SMILES string of the molecule is Clc1ccc([C@H]2N=C(c3ccccc3)OC[C@@H]2Br)c(Cl)c1. The van der Waals surface area contributed by atoms with E-state index < -0.39 is 0 Å². The van der Waals surface area contributed by atoms with Gasteiger partial charge in [0.25, 0.3) is 0 Å². The second kappa shape index (κ2) is 6.39. The molecule has 2 aromatic rings. The van der Waals surface area contributed by atoms with E-state index in [2.05, 4.69) is 15.9 Å². The van der Waals surface area contributed by atoms with Crippen LogP contribution in [0.15, 0.2) is 53.5 Å². The van der Waals surface area contributed by atoms with E-state index in [0.29, 0.717) is 22.5 Å². The second-order valence-electron chi connectivity index (χ2n) is 4.74. The zero-order valence-electron chi connectivity index (χ0n) is 11.0. The highest BCUT2D eigenvalue weighted by Gasteiger charge is 2.28. The topological polar surface area (TPSA) is 21.6 Å². The zero-order chi connectivity index (χ0) is 14.8. The van der Waals surface area contributed by atoms with Crippen molar-refractivity contribution in [1.82, 2.24) is 0 Å². The minimum Gasteiger partial charge on any atom is -0.476 e. The molecule has 0 saturated heterocycles. The third kappa shape index (κ3) is 3.25. The number of rotatable bonds is 2. The van der Waals surface area contributed by atoms with Gasteiger partial charge in [0.2, 0.25) is 5.90 Å². The molecule has 2 aromatic carbocycles. The van der Waals surface area contributed by atoms with Crippen LogP contribution in [0.3, 0.4) is 0 Å². The van der Waals surface area contributed by atoms with Crippen LogP contribution >= 0.6 is 39.1 Å². The Hall–Kier alpha value is -1.03. The molecule has 1 heterocycles. The maximum atomic E-state index is 6.31. The van der Waals surface area contributed by atoms with Gasteiger partial charge >= 0.3 is 0 Å². The first-order chi connectivity index (χ1) is 10.1. The molecule has 0 amide bonds. The molecule has 108 valence electrons. The third-order valence-corrected chi connectivity index (χ3v) is 4.61. The summed E-state index contributed by atoms with van der Waals surface area (Å²) >= 11 is 15.9. The number of ether oxygens (including phenoxy) is 1. The average molecular weight is 385 g/mol. The summed E-state index contributed by atoms with van der Waals surface area (Å²) in [4.78, 5) is 4.79. The van der Waals surface area contributed by atoms with Gasteiger partial charge in [0, 0.05) is 15.6 Å². The van der Waals surface area contributed by atoms with Gasteiger partial charge in [-0.2, -0.15) is 0 Å². The number of hydrogen-bond acceptors (Lipinski definition) is 2. The molecule has 1 aliphatic rings. The highest BCUT2D eigenvalue weighted by Crippen LogP contribution is 2.36. The highest BCUT2D eigenvalue weighted by molar-refractivity contribution is 9.09. The monoisotopic (exact) mass is 383 g/mol. The van der Waals surface area contributed by atoms with E-state index in [1.165, 1.54) is 0 Å². The van der Waals surface area contributed by atoms with E-state index in [1.807, 2.05) is 42.5 Å². The number of benzene rings is 2. The lowest BCUT2D eigenvalue weighted by Gasteiger charge is -2.27. The quantitative estimate of drug-likeness (QED) is 0.646. The summed E-state index contributed by atoms with van der Waals surface area (Å²) in [6, 6.07) is 15.2. The Morgan fingerprint density at radius 1 is 1.10 bits per heavy atom. The largest absolute Gasteiger partial charge is 0.476 e. The fourth-order valence-corrected chi connectivity index (χ4v) is 3.29. The number of hydrogen-bond donors (Lipinski definition) is 0. The Bertz CT molecular complexity index is 675. The van der Waals surface area contributed by atoms with Crippen LogP contribution in [0.25, 0.3) is 0 Å². The highest BCUT2D eigenvalue weighted by atomic mass is 79.9. The van der Waals surface area contributed by atoms with Crippen LogP contribution in [0.5, 0.6) is 0 Å².